The molecule has 2 heterocycles. The molecule has 0 amide bonds. The van der Waals surface area contributed by atoms with Gasteiger partial charge in [0.1, 0.15) is 0 Å². The van der Waals surface area contributed by atoms with E-state index < -0.39 is 0 Å². The molecule has 0 aliphatic rings. The molecule has 0 saturated heterocycles. The highest BCUT2D eigenvalue weighted by Crippen LogP contribution is 2.17. The predicted octanol–water partition coefficient (Wildman–Crippen LogP) is 3.73. The molecule has 0 aliphatic heterocycles. The van der Waals surface area contributed by atoms with Crippen LogP contribution in [0.3, 0.4) is 0 Å². The highest BCUT2D eigenvalue weighted by molar-refractivity contribution is 5.36. The molecular weight excluding hydrogens is 284 g/mol. The molecule has 1 aromatic carbocycles. The molecule has 0 radical (unpaired) electrons. The van der Waals surface area contributed by atoms with Gasteiger partial charge >= 0.3 is 0 Å². The van der Waals surface area contributed by atoms with Gasteiger partial charge in [-0.1, -0.05) is 12.1 Å². The van der Waals surface area contributed by atoms with Crippen LogP contribution in [0.1, 0.15) is 35.5 Å². The molecule has 4 heteroatoms. The summed E-state index contributed by atoms with van der Waals surface area (Å²) < 4.78 is 1.88. The Morgan fingerprint density at radius 3 is 2.57 bits per heavy atom. The molecule has 1 atom stereocenters. The average Bonchev–Trinajstić information content (AvgIpc) is 3.06. The van der Waals surface area contributed by atoms with E-state index in [1.807, 2.05) is 30.8 Å². The predicted molar refractivity (Wildman–Crippen MR) is 92.5 cm³/mol. The Hall–Kier alpha value is -2.46. The minimum Gasteiger partial charge on any atom is -0.306 e. The van der Waals surface area contributed by atoms with E-state index in [1.54, 1.807) is 6.20 Å². The molecule has 23 heavy (non-hydrogen) atoms. The number of hydrogen-bond donors (Lipinski definition) is 1. The molecule has 0 saturated carbocycles. The highest BCUT2D eigenvalue weighted by atomic mass is 15.3. The normalized spacial score (nSPS) is 12.3. The fourth-order valence-electron chi connectivity index (χ4n) is 2.77. The molecule has 4 nitrogen and oxygen atoms in total. The first-order valence-corrected chi connectivity index (χ1v) is 7.89. The van der Waals surface area contributed by atoms with Crippen LogP contribution in [0.5, 0.6) is 0 Å². The third-order valence-electron chi connectivity index (χ3n) is 3.89. The molecule has 0 fully saturated rings. The van der Waals surface area contributed by atoms with Gasteiger partial charge < -0.3 is 5.32 Å². The SMILES string of the molecule is Cc1cc(CNC(C)c2cccc(-n3cccn3)c2)cc(C)n1. The van der Waals surface area contributed by atoms with Gasteiger partial charge in [0.2, 0.25) is 0 Å². The van der Waals surface area contributed by atoms with Crippen LogP contribution in [-0.4, -0.2) is 14.8 Å². The van der Waals surface area contributed by atoms with E-state index in [0.717, 1.165) is 23.6 Å². The average molecular weight is 306 g/mol. The zero-order valence-corrected chi connectivity index (χ0v) is 13.8. The summed E-state index contributed by atoms with van der Waals surface area (Å²) in [4.78, 5) is 4.42. The van der Waals surface area contributed by atoms with Gasteiger partial charge in [0.15, 0.2) is 0 Å². The van der Waals surface area contributed by atoms with Crippen LogP contribution in [0.15, 0.2) is 54.9 Å². The van der Waals surface area contributed by atoms with E-state index in [1.165, 1.54) is 11.1 Å². The summed E-state index contributed by atoms with van der Waals surface area (Å²) in [5, 5.41) is 7.87. The van der Waals surface area contributed by atoms with Crippen LogP contribution in [0.2, 0.25) is 0 Å². The van der Waals surface area contributed by atoms with Crippen molar-refractivity contribution < 1.29 is 0 Å². The van der Waals surface area contributed by atoms with Crippen molar-refractivity contribution in [1.82, 2.24) is 20.1 Å². The van der Waals surface area contributed by atoms with Crippen molar-refractivity contribution in [2.45, 2.75) is 33.4 Å². The van der Waals surface area contributed by atoms with E-state index in [-0.39, 0.29) is 6.04 Å². The monoisotopic (exact) mass is 306 g/mol. The molecular formula is C19H22N4. The van der Waals surface area contributed by atoms with Crippen molar-refractivity contribution in [3.05, 3.63) is 77.4 Å². The Morgan fingerprint density at radius 2 is 1.87 bits per heavy atom. The standard InChI is InChI=1S/C19H22N4/c1-14-10-17(11-15(2)22-14)13-20-16(3)18-6-4-7-19(12-18)23-9-5-8-21-23/h4-12,16,20H,13H2,1-3H3. The number of pyridine rings is 1. The lowest BCUT2D eigenvalue weighted by Crippen LogP contribution is -2.18. The second kappa shape index (κ2) is 6.75. The first-order chi connectivity index (χ1) is 11.1. The summed E-state index contributed by atoms with van der Waals surface area (Å²) in [5.41, 5.74) is 5.73. The third kappa shape index (κ3) is 3.85. The van der Waals surface area contributed by atoms with Gasteiger partial charge in [-0.2, -0.15) is 5.10 Å². The highest BCUT2D eigenvalue weighted by Gasteiger charge is 2.07. The van der Waals surface area contributed by atoms with Crippen LogP contribution < -0.4 is 5.32 Å². The van der Waals surface area contributed by atoms with Crippen molar-refractivity contribution in [3.63, 3.8) is 0 Å². The zero-order chi connectivity index (χ0) is 16.2. The van der Waals surface area contributed by atoms with Crippen molar-refractivity contribution >= 4 is 0 Å². The molecule has 118 valence electrons. The quantitative estimate of drug-likeness (QED) is 0.781. The number of benzene rings is 1. The van der Waals surface area contributed by atoms with Crippen molar-refractivity contribution in [1.29, 1.82) is 0 Å². The summed E-state index contributed by atoms with van der Waals surface area (Å²) in [6, 6.07) is 14.9. The lowest BCUT2D eigenvalue weighted by Gasteiger charge is -2.16. The first kappa shape index (κ1) is 15.4. The second-order valence-electron chi connectivity index (χ2n) is 5.91. The molecule has 1 unspecified atom stereocenters. The van der Waals surface area contributed by atoms with Gasteiger partial charge in [0, 0.05) is 36.4 Å². The molecule has 3 rings (SSSR count). The lowest BCUT2D eigenvalue weighted by atomic mass is 10.1. The van der Waals surface area contributed by atoms with Gasteiger partial charge in [0.05, 0.1) is 5.69 Å². The maximum Gasteiger partial charge on any atom is 0.0648 e. The summed E-state index contributed by atoms with van der Waals surface area (Å²) in [7, 11) is 0. The van der Waals surface area contributed by atoms with Crippen LogP contribution in [0.25, 0.3) is 5.69 Å². The van der Waals surface area contributed by atoms with E-state index >= 15 is 0 Å². The molecule has 2 aromatic heterocycles. The number of hydrogen-bond acceptors (Lipinski definition) is 3. The van der Waals surface area contributed by atoms with Gasteiger partial charge in [-0.15, -0.1) is 0 Å². The van der Waals surface area contributed by atoms with Crippen molar-refractivity contribution in [3.8, 4) is 5.69 Å². The number of nitrogens with one attached hydrogen (secondary N) is 1. The Balaban J connectivity index is 1.71. The smallest absolute Gasteiger partial charge is 0.0648 e. The summed E-state index contributed by atoms with van der Waals surface area (Å²) >= 11 is 0. The third-order valence-corrected chi connectivity index (χ3v) is 3.89. The van der Waals surface area contributed by atoms with Gasteiger partial charge in [-0.05, 0) is 62.2 Å². The van der Waals surface area contributed by atoms with Crippen LogP contribution in [0.4, 0.5) is 0 Å². The maximum absolute atomic E-state index is 4.42. The Morgan fingerprint density at radius 1 is 1.09 bits per heavy atom. The fraction of sp³-hybridized carbons (Fsp3) is 0.263. The van der Waals surface area contributed by atoms with E-state index in [2.05, 4.69) is 58.7 Å². The van der Waals surface area contributed by atoms with Crippen LogP contribution in [0, 0.1) is 13.8 Å². The summed E-state index contributed by atoms with van der Waals surface area (Å²) in [5.74, 6) is 0. The van der Waals surface area contributed by atoms with E-state index in [9.17, 15) is 0 Å². The van der Waals surface area contributed by atoms with E-state index in [4.69, 9.17) is 0 Å². The largest absolute Gasteiger partial charge is 0.306 e. The van der Waals surface area contributed by atoms with Crippen molar-refractivity contribution in [2.24, 2.45) is 0 Å². The fourth-order valence-corrected chi connectivity index (χ4v) is 2.77. The molecule has 0 aliphatic carbocycles. The lowest BCUT2D eigenvalue weighted by molar-refractivity contribution is 0.573. The van der Waals surface area contributed by atoms with Gasteiger partial charge in [-0.25, -0.2) is 4.68 Å². The Bertz CT molecular complexity index is 758. The zero-order valence-electron chi connectivity index (χ0n) is 13.8. The van der Waals surface area contributed by atoms with Crippen LogP contribution >= 0.6 is 0 Å². The van der Waals surface area contributed by atoms with Crippen LogP contribution in [-0.2, 0) is 6.54 Å². The Labute approximate surface area is 137 Å². The van der Waals surface area contributed by atoms with Gasteiger partial charge in [-0.3, -0.25) is 4.98 Å². The maximum atomic E-state index is 4.42. The summed E-state index contributed by atoms with van der Waals surface area (Å²) in [6.07, 6.45) is 3.75. The van der Waals surface area contributed by atoms with E-state index in [0.29, 0.717) is 0 Å². The number of nitrogens with zero attached hydrogens (tertiary/aromatic N) is 3. The Kier molecular flexibility index (Phi) is 4.53. The molecule has 1 N–H and O–H groups in total. The first-order valence-electron chi connectivity index (χ1n) is 7.89. The summed E-state index contributed by atoms with van der Waals surface area (Å²) in [6.45, 7) is 7.08. The molecule has 0 spiro atoms. The second-order valence-corrected chi connectivity index (χ2v) is 5.91. The number of rotatable bonds is 5. The number of aryl methyl sites for hydroxylation is 2. The molecule has 0 bridgehead atoms. The molecule has 3 aromatic rings. The minimum absolute atomic E-state index is 0.263. The topological polar surface area (TPSA) is 42.7 Å². The number of aromatic nitrogens is 3. The van der Waals surface area contributed by atoms with Crippen molar-refractivity contribution in [2.75, 3.05) is 0 Å². The van der Waals surface area contributed by atoms with Gasteiger partial charge in [0.25, 0.3) is 0 Å². The minimum atomic E-state index is 0.263.